The van der Waals surface area contributed by atoms with Crippen LogP contribution in [0.25, 0.3) is 0 Å². The van der Waals surface area contributed by atoms with Gasteiger partial charge in [-0.05, 0) is 30.0 Å². The smallest absolute Gasteiger partial charge is 0.416 e. The molecule has 2 atom stereocenters. The molecule has 1 fully saturated rings. The molecule has 17 heavy (non-hydrogen) atoms. The summed E-state index contributed by atoms with van der Waals surface area (Å²) in [5.74, 6) is -3.55. The van der Waals surface area contributed by atoms with Crippen LogP contribution in [-0.4, -0.2) is 11.1 Å². The summed E-state index contributed by atoms with van der Waals surface area (Å²) in [6.45, 7) is 0. The first-order valence-corrected chi connectivity index (χ1v) is 4.90. The van der Waals surface area contributed by atoms with Crippen molar-refractivity contribution in [3.63, 3.8) is 0 Å². The molecular weight excluding hydrogens is 240 g/mol. The molecule has 0 aromatic heterocycles. The van der Waals surface area contributed by atoms with E-state index in [1.807, 2.05) is 0 Å². The predicted octanol–water partition coefficient (Wildman–Crippen LogP) is 3.03. The van der Waals surface area contributed by atoms with Gasteiger partial charge in [-0.15, -0.1) is 0 Å². The third-order valence-corrected chi connectivity index (χ3v) is 2.83. The van der Waals surface area contributed by atoms with Crippen LogP contribution in [0.4, 0.5) is 17.6 Å². The van der Waals surface area contributed by atoms with Gasteiger partial charge in [0.1, 0.15) is 5.82 Å². The van der Waals surface area contributed by atoms with Gasteiger partial charge in [0.2, 0.25) is 0 Å². The highest BCUT2D eigenvalue weighted by molar-refractivity contribution is 5.75. The Kier molecular flexibility index (Phi) is 2.60. The minimum Gasteiger partial charge on any atom is -0.481 e. The van der Waals surface area contributed by atoms with Crippen LogP contribution in [0.1, 0.15) is 23.5 Å². The van der Waals surface area contributed by atoms with E-state index < -0.39 is 35.4 Å². The van der Waals surface area contributed by atoms with Gasteiger partial charge in [-0.3, -0.25) is 4.79 Å². The Labute approximate surface area is 93.9 Å². The first-order valence-electron chi connectivity index (χ1n) is 4.90. The maximum absolute atomic E-state index is 12.8. The molecule has 2 nitrogen and oxygen atoms in total. The lowest BCUT2D eigenvalue weighted by molar-refractivity contribution is -0.140. The molecule has 2 rings (SSSR count). The molecule has 1 saturated carbocycles. The van der Waals surface area contributed by atoms with Crippen molar-refractivity contribution in [3.8, 4) is 0 Å². The molecule has 0 unspecified atom stereocenters. The molecule has 0 bridgehead atoms. The summed E-state index contributed by atoms with van der Waals surface area (Å²) < 4.78 is 50.7. The maximum Gasteiger partial charge on any atom is 0.416 e. The van der Waals surface area contributed by atoms with E-state index in [0.29, 0.717) is 6.07 Å². The number of carboxylic acids is 1. The van der Waals surface area contributed by atoms with Gasteiger partial charge < -0.3 is 5.11 Å². The van der Waals surface area contributed by atoms with Crippen molar-refractivity contribution >= 4 is 5.97 Å². The van der Waals surface area contributed by atoms with Gasteiger partial charge in [-0.1, -0.05) is 6.07 Å². The highest BCUT2D eigenvalue weighted by atomic mass is 19.4. The van der Waals surface area contributed by atoms with Gasteiger partial charge in [0.15, 0.2) is 0 Å². The molecule has 0 spiro atoms. The van der Waals surface area contributed by atoms with Crippen LogP contribution in [0.2, 0.25) is 0 Å². The summed E-state index contributed by atoms with van der Waals surface area (Å²) >= 11 is 0. The molecular formula is C11H8F4O2. The topological polar surface area (TPSA) is 37.3 Å². The first-order chi connectivity index (χ1) is 7.80. The standard InChI is InChI=1S/C11H8F4O2/c12-5-1-2-6(7-4-8(7)10(16)17)9(3-5)11(13,14)15/h1-3,7-8H,4H2,(H,16,17)/t7-,8+/m0/s1. The normalized spacial score (nSPS) is 23.5. The lowest BCUT2D eigenvalue weighted by atomic mass is 10.0. The van der Waals surface area contributed by atoms with Crippen LogP contribution in [0.15, 0.2) is 18.2 Å². The van der Waals surface area contributed by atoms with E-state index in [2.05, 4.69) is 0 Å². The molecule has 0 radical (unpaired) electrons. The quantitative estimate of drug-likeness (QED) is 0.817. The number of carbonyl (C=O) groups is 1. The zero-order valence-corrected chi connectivity index (χ0v) is 8.46. The summed E-state index contributed by atoms with van der Waals surface area (Å²) in [7, 11) is 0. The molecule has 0 saturated heterocycles. The maximum atomic E-state index is 12.8. The third kappa shape index (κ3) is 2.25. The number of aliphatic carboxylic acids is 1. The molecule has 0 amide bonds. The Morgan fingerprint density at radius 1 is 1.35 bits per heavy atom. The number of carboxylic acid groups (broad SMARTS) is 1. The summed E-state index contributed by atoms with van der Waals surface area (Å²) in [5, 5.41) is 8.68. The first kappa shape index (κ1) is 11.9. The number of benzene rings is 1. The van der Waals surface area contributed by atoms with Crippen molar-refractivity contribution in [1.82, 2.24) is 0 Å². The SMILES string of the molecule is O=C(O)[C@@H]1C[C@H]1c1ccc(F)cc1C(F)(F)F. The van der Waals surface area contributed by atoms with Crippen molar-refractivity contribution < 1.29 is 27.5 Å². The number of alkyl halides is 3. The highest BCUT2D eigenvalue weighted by Gasteiger charge is 2.48. The van der Waals surface area contributed by atoms with Crippen LogP contribution < -0.4 is 0 Å². The average molecular weight is 248 g/mol. The van der Waals surface area contributed by atoms with Crippen molar-refractivity contribution in [2.24, 2.45) is 5.92 Å². The van der Waals surface area contributed by atoms with Crippen molar-refractivity contribution in [1.29, 1.82) is 0 Å². The van der Waals surface area contributed by atoms with Crippen molar-refractivity contribution in [2.75, 3.05) is 0 Å². The second kappa shape index (κ2) is 3.72. The molecule has 6 heteroatoms. The summed E-state index contributed by atoms with van der Waals surface area (Å²) in [6.07, 6.45) is -4.49. The molecule has 0 aliphatic heterocycles. The zero-order valence-electron chi connectivity index (χ0n) is 8.46. The van der Waals surface area contributed by atoms with Crippen LogP contribution in [0, 0.1) is 11.7 Å². The van der Waals surface area contributed by atoms with E-state index in [1.165, 1.54) is 0 Å². The number of rotatable bonds is 2. The van der Waals surface area contributed by atoms with Crippen LogP contribution in [-0.2, 0) is 11.0 Å². The Morgan fingerprint density at radius 3 is 2.47 bits per heavy atom. The third-order valence-electron chi connectivity index (χ3n) is 2.83. The van der Waals surface area contributed by atoms with E-state index in [4.69, 9.17) is 5.11 Å². The van der Waals surface area contributed by atoms with Crippen molar-refractivity contribution in [3.05, 3.63) is 35.1 Å². The Hall–Kier alpha value is -1.59. The summed E-state index contributed by atoms with van der Waals surface area (Å²) in [4.78, 5) is 10.6. The fraction of sp³-hybridized carbons (Fsp3) is 0.364. The summed E-state index contributed by atoms with van der Waals surface area (Å²) in [6, 6.07) is 2.35. The van der Waals surface area contributed by atoms with Gasteiger partial charge >= 0.3 is 12.1 Å². The molecule has 0 heterocycles. The Morgan fingerprint density at radius 2 is 2.00 bits per heavy atom. The lowest BCUT2D eigenvalue weighted by Crippen LogP contribution is -2.10. The van der Waals surface area contributed by atoms with E-state index in [9.17, 15) is 22.4 Å². The largest absolute Gasteiger partial charge is 0.481 e. The minimum atomic E-state index is -4.66. The van der Waals surface area contributed by atoms with Crippen molar-refractivity contribution in [2.45, 2.75) is 18.5 Å². The average Bonchev–Trinajstić information content (AvgIpc) is 2.95. The minimum absolute atomic E-state index is 0.133. The van der Waals surface area contributed by atoms with E-state index >= 15 is 0 Å². The van der Waals surface area contributed by atoms with E-state index in [0.717, 1.165) is 12.1 Å². The van der Waals surface area contributed by atoms with E-state index in [1.54, 1.807) is 0 Å². The molecule has 1 aliphatic rings. The molecule has 92 valence electrons. The fourth-order valence-electron chi connectivity index (χ4n) is 1.91. The second-order valence-electron chi connectivity index (χ2n) is 4.02. The van der Waals surface area contributed by atoms with E-state index in [-0.39, 0.29) is 12.0 Å². The number of hydrogen-bond acceptors (Lipinski definition) is 1. The van der Waals surface area contributed by atoms with Gasteiger partial charge in [0.25, 0.3) is 0 Å². The van der Waals surface area contributed by atoms with Gasteiger partial charge in [0.05, 0.1) is 11.5 Å². The zero-order chi connectivity index (χ0) is 12.8. The fourth-order valence-corrected chi connectivity index (χ4v) is 1.91. The Balaban J connectivity index is 2.39. The number of halogens is 4. The Bertz CT molecular complexity index is 467. The summed E-state index contributed by atoms with van der Waals surface area (Å²) in [5.41, 5.74) is -1.21. The van der Waals surface area contributed by atoms with Crippen LogP contribution >= 0.6 is 0 Å². The van der Waals surface area contributed by atoms with Crippen LogP contribution in [0.5, 0.6) is 0 Å². The van der Waals surface area contributed by atoms with Gasteiger partial charge in [0, 0.05) is 0 Å². The molecule has 1 aliphatic carbocycles. The molecule has 1 aromatic carbocycles. The van der Waals surface area contributed by atoms with Crippen LogP contribution in [0.3, 0.4) is 0 Å². The monoisotopic (exact) mass is 248 g/mol. The predicted molar refractivity (Wildman–Crippen MR) is 49.9 cm³/mol. The molecule has 1 N–H and O–H groups in total. The lowest BCUT2D eigenvalue weighted by Gasteiger charge is -2.12. The second-order valence-corrected chi connectivity index (χ2v) is 4.02. The van der Waals surface area contributed by atoms with Gasteiger partial charge in [-0.2, -0.15) is 13.2 Å². The van der Waals surface area contributed by atoms with Gasteiger partial charge in [-0.25, -0.2) is 4.39 Å². The molecule has 1 aromatic rings. The number of hydrogen-bond donors (Lipinski definition) is 1. The highest BCUT2D eigenvalue weighted by Crippen LogP contribution is 2.51.